The van der Waals surface area contributed by atoms with Gasteiger partial charge in [-0.05, 0) is 18.1 Å². The second-order valence-electron chi connectivity index (χ2n) is 4.30. The molecule has 1 aromatic heterocycles. The minimum atomic E-state index is 0.286. The molecule has 0 aliphatic carbocycles. The monoisotopic (exact) mass is 231 g/mol. The van der Waals surface area contributed by atoms with Crippen LogP contribution in [-0.2, 0) is 7.05 Å². The Labute approximate surface area is 101 Å². The molecule has 0 aliphatic heterocycles. The van der Waals surface area contributed by atoms with Crippen LogP contribution >= 0.6 is 0 Å². The van der Waals surface area contributed by atoms with Gasteiger partial charge in [0.1, 0.15) is 11.4 Å². The van der Waals surface area contributed by atoms with Gasteiger partial charge in [0.05, 0.1) is 5.69 Å². The second kappa shape index (κ2) is 4.49. The maximum atomic E-state index is 6.04. The molecule has 0 radical (unpaired) electrons. The van der Waals surface area contributed by atoms with Gasteiger partial charge in [-0.25, -0.2) is 4.68 Å². The normalized spacial score (nSPS) is 10.8. The van der Waals surface area contributed by atoms with E-state index in [1.807, 2.05) is 37.4 Å². The maximum absolute atomic E-state index is 6.04. The van der Waals surface area contributed by atoms with Crippen molar-refractivity contribution in [2.45, 2.75) is 19.8 Å². The highest BCUT2D eigenvalue weighted by molar-refractivity contribution is 5.55. The van der Waals surface area contributed by atoms with Gasteiger partial charge in [-0.1, -0.05) is 32.0 Å². The predicted octanol–water partition coefficient (Wildman–Crippen LogP) is 2.92. The summed E-state index contributed by atoms with van der Waals surface area (Å²) in [6.45, 7) is 4.12. The van der Waals surface area contributed by atoms with Crippen molar-refractivity contribution in [1.82, 2.24) is 9.78 Å². The Bertz CT molecular complexity index is 503. The Kier molecular flexibility index (Phi) is 3.04. The average Bonchev–Trinajstić information content (AvgIpc) is 2.58. The Morgan fingerprint density at radius 3 is 2.41 bits per heavy atom. The van der Waals surface area contributed by atoms with Crippen molar-refractivity contribution in [2.75, 3.05) is 5.73 Å². The van der Waals surface area contributed by atoms with E-state index >= 15 is 0 Å². The van der Waals surface area contributed by atoms with Crippen LogP contribution in [0.15, 0.2) is 30.3 Å². The van der Waals surface area contributed by atoms with Gasteiger partial charge in [-0.15, -0.1) is 0 Å². The molecule has 2 rings (SSSR count). The maximum Gasteiger partial charge on any atom is 0.241 e. The van der Waals surface area contributed by atoms with Gasteiger partial charge in [0, 0.05) is 7.05 Å². The van der Waals surface area contributed by atoms with Gasteiger partial charge in [0.25, 0.3) is 0 Å². The summed E-state index contributed by atoms with van der Waals surface area (Å²) in [7, 11) is 1.83. The van der Waals surface area contributed by atoms with E-state index < -0.39 is 0 Å². The minimum Gasteiger partial charge on any atom is -0.437 e. The molecule has 2 aromatic rings. The van der Waals surface area contributed by atoms with Gasteiger partial charge in [0.15, 0.2) is 0 Å². The zero-order valence-electron chi connectivity index (χ0n) is 10.3. The Hall–Kier alpha value is -1.97. The molecule has 2 N–H and O–H groups in total. The molecule has 4 heteroatoms. The predicted molar refractivity (Wildman–Crippen MR) is 68.2 cm³/mol. The number of nitrogens with zero attached hydrogens (tertiary/aromatic N) is 2. The first-order valence-corrected chi connectivity index (χ1v) is 5.65. The van der Waals surface area contributed by atoms with E-state index in [2.05, 4.69) is 18.9 Å². The summed E-state index contributed by atoms with van der Waals surface area (Å²) in [4.78, 5) is 0. The van der Waals surface area contributed by atoms with Crippen LogP contribution < -0.4 is 10.5 Å². The van der Waals surface area contributed by atoms with Crippen LogP contribution in [0.25, 0.3) is 0 Å². The molecule has 90 valence electrons. The Morgan fingerprint density at radius 1 is 1.24 bits per heavy atom. The summed E-state index contributed by atoms with van der Waals surface area (Å²) in [6.07, 6.45) is 0. The molecular formula is C13H17N3O. The fourth-order valence-electron chi connectivity index (χ4n) is 1.69. The third-order valence-electron chi connectivity index (χ3n) is 2.56. The van der Waals surface area contributed by atoms with Crippen LogP contribution in [0.2, 0.25) is 0 Å². The third-order valence-corrected chi connectivity index (χ3v) is 2.56. The van der Waals surface area contributed by atoms with E-state index in [9.17, 15) is 0 Å². The Balaban J connectivity index is 2.34. The number of benzene rings is 1. The molecule has 4 nitrogen and oxygen atoms in total. The molecule has 1 heterocycles. The van der Waals surface area contributed by atoms with Crippen LogP contribution in [-0.4, -0.2) is 9.78 Å². The summed E-state index contributed by atoms with van der Waals surface area (Å²) >= 11 is 0. The fraction of sp³-hybridized carbons (Fsp3) is 0.308. The van der Waals surface area contributed by atoms with Crippen molar-refractivity contribution in [1.29, 1.82) is 0 Å². The van der Waals surface area contributed by atoms with Crippen LogP contribution in [0, 0.1) is 0 Å². The van der Waals surface area contributed by atoms with Crippen LogP contribution in [0.1, 0.15) is 25.5 Å². The van der Waals surface area contributed by atoms with E-state index in [-0.39, 0.29) is 5.92 Å². The molecule has 0 amide bonds. The lowest BCUT2D eigenvalue weighted by atomic mass is 10.1. The van der Waals surface area contributed by atoms with Gasteiger partial charge < -0.3 is 10.5 Å². The lowest BCUT2D eigenvalue weighted by molar-refractivity contribution is 0.432. The van der Waals surface area contributed by atoms with Crippen molar-refractivity contribution in [2.24, 2.45) is 7.05 Å². The lowest BCUT2D eigenvalue weighted by Gasteiger charge is -2.06. The third kappa shape index (κ3) is 2.25. The number of rotatable bonds is 3. The highest BCUT2D eigenvalue weighted by Gasteiger charge is 2.17. The van der Waals surface area contributed by atoms with Crippen LogP contribution in [0.4, 0.5) is 5.69 Å². The molecule has 0 spiro atoms. The lowest BCUT2D eigenvalue weighted by Crippen LogP contribution is -1.96. The SMILES string of the molecule is CC(C)c1nn(C)c(Oc2ccccc2)c1N. The molecule has 0 atom stereocenters. The van der Waals surface area contributed by atoms with Gasteiger partial charge in [-0.2, -0.15) is 5.10 Å². The second-order valence-corrected chi connectivity index (χ2v) is 4.30. The molecule has 0 saturated carbocycles. The van der Waals surface area contributed by atoms with E-state index in [1.54, 1.807) is 4.68 Å². The van der Waals surface area contributed by atoms with Crippen LogP contribution in [0.3, 0.4) is 0 Å². The highest BCUT2D eigenvalue weighted by atomic mass is 16.5. The zero-order valence-corrected chi connectivity index (χ0v) is 10.3. The molecule has 0 bridgehead atoms. The van der Waals surface area contributed by atoms with Crippen molar-refractivity contribution in [3.8, 4) is 11.6 Å². The molecular weight excluding hydrogens is 214 g/mol. The molecule has 0 aliphatic rings. The van der Waals surface area contributed by atoms with E-state index in [1.165, 1.54) is 0 Å². The Morgan fingerprint density at radius 2 is 1.88 bits per heavy atom. The first-order valence-electron chi connectivity index (χ1n) is 5.65. The summed E-state index contributed by atoms with van der Waals surface area (Å²) < 4.78 is 7.42. The highest BCUT2D eigenvalue weighted by Crippen LogP contribution is 2.32. The number of hydrogen-bond donors (Lipinski definition) is 1. The number of anilines is 1. The molecule has 0 unspecified atom stereocenters. The van der Waals surface area contributed by atoms with Crippen molar-refractivity contribution in [3.05, 3.63) is 36.0 Å². The van der Waals surface area contributed by atoms with Gasteiger partial charge in [0.2, 0.25) is 5.88 Å². The largest absolute Gasteiger partial charge is 0.437 e. The standard InChI is InChI=1S/C13H17N3O/c1-9(2)12-11(14)13(16(3)15-12)17-10-7-5-4-6-8-10/h4-9H,14H2,1-3H3. The zero-order chi connectivity index (χ0) is 12.4. The fourth-order valence-corrected chi connectivity index (χ4v) is 1.69. The minimum absolute atomic E-state index is 0.286. The topological polar surface area (TPSA) is 53.1 Å². The summed E-state index contributed by atoms with van der Waals surface area (Å²) in [5.74, 6) is 1.65. The number of aromatic nitrogens is 2. The smallest absolute Gasteiger partial charge is 0.241 e. The average molecular weight is 231 g/mol. The molecule has 0 fully saturated rings. The van der Waals surface area contributed by atoms with E-state index in [0.29, 0.717) is 11.6 Å². The molecule has 17 heavy (non-hydrogen) atoms. The van der Waals surface area contributed by atoms with Crippen molar-refractivity contribution >= 4 is 5.69 Å². The molecule has 1 aromatic carbocycles. The number of nitrogen functional groups attached to an aromatic ring is 1. The van der Waals surface area contributed by atoms with Crippen LogP contribution in [0.5, 0.6) is 11.6 Å². The molecule has 0 saturated heterocycles. The van der Waals surface area contributed by atoms with Gasteiger partial charge in [-0.3, -0.25) is 0 Å². The summed E-state index contributed by atoms with van der Waals surface area (Å²) in [5, 5.41) is 4.37. The van der Waals surface area contributed by atoms with Gasteiger partial charge >= 0.3 is 0 Å². The van der Waals surface area contributed by atoms with E-state index in [0.717, 1.165) is 11.4 Å². The quantitative estimate of drug-likeness (QED) is 0.883. The van der Waals surface area contributed by atoms with Crippen molar-refractivity contribution < 1.29 is 4.74 Å². The van der Waals surface area contributed by atoms with E-state index in [4.69, 9.17) is 10.5 Å². The number of aryl methyl sites for hydroxylation is 1. The number of para-hydroxylation sites is 1. The first kappa shape index (κ1) is 11.5. The number of nitrogens with two attached hydrogens (primary N) is 1. The number of hydrogen-bond acceptors (Lipinski definition) is 3. The number of ether oxygens (including phenoxy) is 1. The first-order chi connectivity index (χ1) is 8.09. The summed E-state index contributed by atoms with van der Waals surface area (Å²) in [5.41, 5.74) is 7.54. The summed E-state index contributed by atoms with van der Waals surface area (Å²) in [6, 6.07) is 9.57. The van der Waals surface area contributed by atoms with Crippen molar-refractivity contribution in [3.63, 3.8) is 0 Å².